The zero-order chi connectivity index (χ0) is 12.8. The van der Waals surface area contributed by atoms with Crippen molar-refractivity contribution < 1.29 is 0 Å². The molecule has 0 fully saturated rings. The van der Waals surface area contributed by atoms with Gasteiger partial charge in [-0.3, -0.25) is 0 Å². The number of hydrogen-bond acceptors (Lipinski definition) is 0. The number of fused-ring (bicyclic) bond motifs is 4. The third-order valence-electron chi connectivity index (χ3n) is 4.04. The zero-order valence-corrected chi connectivity index (χ0v) is 10.9. The van der Waals surface area contributed by atoms with Gasteiger partial charge in [0.2, 0.25) is 0 Å². The number of rotatable bonds is 0. The van der Waals surface area contributed by atoms with Crippen LogP contribution < -0.4 is 0 Å². The maximum absolute atomic E-state index is 2.32. The van der Waals surface area contributed by atoms with Crippen LogP contribution in [0, 0.1) is 6.92 Å². The summed E-state index contributed by atoms with van der Waals surface area (Å²) in [6.45, 7) is 2.22. The van der Waals surface area contributed by atoms with Gasteiger partial charge >= 0.3 is 0 Å². The van der Waals surface area contributed by atoms with Crippen molar-refractivity contribution in [2.24, 2.45) is 0 Å². The Labute approximate surface area is 119 Å². The summed E-state index contributed by atoms with van der Waals surface area (Å²) in [5.41, 5.74) is 1.37. The summed E-state index contributed by atoms with van der Waals surface area (Å²) >= 11 is 0. The molecule has 0 bridgehead atoms. The molecule has 4 aromatic carbocycles. The Morgan fingerprint density at radius 3 is 2.00 bits per heavy atom. The summed E-state index contributed by atoms with van der Waals surface area (Å²) in [7, 11) is 0. The van der Waals surface area contributed by atoms with Gasteiger partial charge in [-0.2, -0.15) is 0 Å². The summed E-state index contributed by atoms with van der Waals surface area (Å²) in [5.74, 6) is 0. The molecule has 0 radical (unpaired) electrons. The van der Waals surface area contributed by atoms with Crippen LogP contribution >= 0.6 is 0 Å². The van der Waals surface area contributed by atoms with Crippen molar-refractivity contribution >= 4 is 32.3 Å². The molecular formula is C20H18. The second-order valence-corrected chi connectivity index (χ2v) is 5.10. The first kappa shape index (κ1) is 12.7. The summed E-state index contributed by atoms with van der Waals surface area (Å²) in [4.78, 5) is 0. The van der Waals surface area contributed by atoms with Gasteiger partial charge in [0.15, 0.2) is 0 Å². The Kier molecular flexibility index (Phi) is 2.94. The van der Waals surface area contributed by atoms with E-state index in [-0.39, 0.29) is 7.43 Å². The fraction of sp³-hybridized carbons (Fsp3) is 0.100. The molecule has 0 atom stereocenters. The smallest absolute Gasteiger partial charge is 0.00964 e. The Morgan fingerprint density at radius 2 is 1.20 bits per heavy atom. The van der Waals surface area contributed by atoms with Crippen LogP contribution in [0.5, 0.6) is 0 Å². The van der Waals surface area contributed by atoms with Gasteiger partial charge in [0.1, 0.15) is 0 Å². The SMILES string of the molecule is C.Cc1c2ccccc2cc2c1ccc1ccccc12. The highest BCUT2D eigenvalue weighted by molar-refractivity contribution is 6.13. The van der Waals surface area contributed by atoms with E-state index in [1.165, 1.54) is 37.9 Å². The van der Waals surface area contributed by atoms with Gasteiger partial charge in [0.25, 0.3) is 0 Å². The summed E-state index contributed by atoms with van der Waals surface area (Å²) in [6, 6.07) is 24.0. The molecule has 20 heavy (non-hydrogen) atoms. The summed E-state index contributed by atoms with van der Waals surface area (Å²) < 4.78 is 0. The van der Waals surface area contributed by atoms with E-state index in [9.17, 15) is 0 Å². The molecule has 0 N–H and O–H groups in total. The lowest BCUT2D eigenvalue weighted by molar-refractivity contribution is 1.59. The van der Waals surface area contributed by atoms with Crippen molar-refractivity contribution in [1.29, 1.82) is 0 Å². The van der Waals surface area contributed by atoms with E-state index in [0.717, 1.165) is 0 Å². The Bertz CT molecular complexity index is 917. The topological polar surface area (TPSA) is 0 Å². The highest BCUT2D eigenvalue weighted by atomic mass is 14.1. The molecule has 0 aliphatic rings. The number of aryl methyl sites for hydroxylation is 1. The quantitative estimate of drug-likeness (QED) is 0.264. The maximum atomic E-state index is 2.32. The first-order valence-electron chi connectivity index (χ1n) is 6.64. The molecule has 0 aliphatic carbocycles. The Hall–Kier alpha value is -2.34. The van der Waals surface area contributed by atoms with Crippen molar-refractivity contribution in [1.82, 2.24) is 0 Å². The molecule has 0 aromatic heterocycles. The van der Waals surface area contributed by atoms with Crippen molar-refractivity contribution in [3.05, 3.63) is 72.3 Å². The van der Waals surface area contributed by atoms with Gasteiger partial charge in [-0.25, -0.2) is 0 Å². The molecular weight excluding hydrogens is 240 g/mol. The van der Waals surface area contributed by atoms with E-state index < -0.39 is 0 Å². The molecule has 0 spiro atoms. The van der Waals surface area contributed by atoms with Crippen LogP contribution in [-0.4, -0.2) is 0 Å². The largest absolute Gasteiger partial charge is 0.0776 e. The van der Waals surface area contributed by atoms with E-state index in [1.807, 2.05) is 0 Å². The van der Waals surface area contributed by atoms with Gasteiger partial charge in [-0.15, -0.1) is 0 Å². The van der Waals surface area contributed by atoms with Crippen molar-refractivity contribution in [3.8, 4) is 0 Å². The minimum Gasteiger partial charge on any atom is -0.0776 e. The van der Waals surface area contributed by atoms with Crippen molar-refractivity contribution in [2.45, 2.75) is 14.4 Å². The van der Waals surface area contributed by atoms with Crippen LogP contribution in [0.3, 0.4) is 0 Å². The first-order valence-corrected chi connectivity index (χ1v) is 6.64. The van der Waals surface area contributed by atoms with Crippen LogP contribution in [-0.2, 0) is 0 Å². The van der Waals surface area contributed by atoms with E-state index in [0.29, 0.717) is 0 Å². The first-order chi connectivity index (χ1) is 9.34. The van der Waals surface area contributed by atoms with E-state index in [2.05, 4.69) is 73.7 Å². The van der Waals surface area contributed by atoms with Gasteiger partial charge in [-0.1, -0.05) is 68.1 Å². The molecule has 0 unspecified atom stereocenters. The molecule has 0 saturated carbocycles. The number of benzene rings is 4. The Morgan fingerprint density at radius 1 is 0.550 bits per heavy atom. The molecule has 0 amide bonds. The van der Waals surface area contributed by atoms with Crippen LogP contribution in [0.2, 0.25) is 0 Å². The molecule has 4 rings (SSSR count). The third kappa shape index (κ3) is 1.69. The van der Waals surface area contributed by atoms with Crippen molar-refractivity contribution in [2.75, 3.05) is 0 Å². The minimum atomic E-state index is 0. The second-order valence-electron chi connectivity index (χ2n) is 5.10. The van der Waals surface area contributed by atoms with Gasteiger partial charge in [0.05, 0.1) is 0 Å². The van der Waals surface area contributed by atoms with Crippen LogP contribution in [0.25, 0.3) is 32.3 Å². The standard InChI is InChI=1S/C19H14.CH4/c1-13-16-8-4-3-7-15(16)12-19-17(13)11-10-14-6-2-5-9-18(14)19;/h2-12H,1H3;1H4. The Balaban J connectivity index is 0.00000121. The maximum Gasteiger partial charge on any atom is -0.00964 e. The predicted molar refractivity (Wildman–Crippen MR) is 90.4 cm³/mol. The molecule has 0 heteroatoms. The van der Waals surface area contributed by atoms with E-state index >= 15 is 0 Å². The fourth-order valence-corrected chi connectivity index (χ4v) is 3.04. The highest BCUT2D eigenvalue weighted by Crippen LogP contribution is 2.32. The average molecular weight is 258 g/mol. The average Bonchev–Trinajstić information content (AvgIpc) is 2.47. The lowest BCUT2D eigenvalue weighted by Gasteiger charge is -2.10. The van der Waals surface area contributed by atoms with E-state index in [4.69, 9.17) is 0 Å². The molecule has 0 aliphatic heterocycles. The fourth-order valence-electron chi connectivity index (χ4n) is 3.04. The lowest BCUT2D eigenvalue weighted by atomic mass is 9.94. The summed E-state index contributed by atoms with van der Waals surface area (Å²) in [6.07, 6.45) is 0. The lowest BCUT2D eigenvalue weighted by Crippen LogP contribution is -1.84. The van der Waals surface area contributed by atoms with Gasteiger partial charge < -0.3 is 0 Å². The van der Waals surface area contributed by atoms with Crippen LogP contribution in [0.4, 0.5) is 0 Å². The minimum absolute atomic E-state index is 0. The monoisotopic (exact) mass is 258 g/mol. The predicted octanol–water partition coefficient (Wildman–Crippen LogP) is 6.09. The van der Waals surface area contributed by atoms with Crippen LogP contribution in [0.15, 0.2) is 66.7 Å². The van der Waals surface area contributed by atoms with Gasteiger partial charge in [-0.05, 0) is 50.9 Å². The third-order valence-corrected chi connectivity index (χ3v) is 4.04. The van der Waals surface area contributed by atoms with Crippen molar-refractivity contribution in [3.63, 3.8) is 0 Å². The normalized spacial score (nSPS) is 10.8. The molecule has 4 aromatic rings. The second kappa shape index (κ2) is 4.64. The molecule has 98 valence electrons. The highest BCUT2D eigenvalue weighted by Gasteiger charge is 2.06. The molecule has 0 heterocycles. The zero-order valence-electron chi connectivity index (χ0n) is 10.9. The number of hydrogen-bond donors (Lipinski definition) is 0. The summed E-state index contributed by atoms with van der Waals surface area (Å²) in [5, 5.41) is 8.04. The van der Waals surface area contributed by atoms with Gasteiger partial charge in [0, 0.05) is 0 Å². The van der Waals surface area contributed by atoms with E-state index in [1.54, 1.807) is 0 Å². The molecule has 0 saturated heterocycles. The van der Waals surface area contributed by atoms with Crippen LogP contribution in [0.1, 0.15) is 13.0 Å². The molecule has 0 nitrogen and oxygen atoms in total.